The fourth-order valence-corrected chi connectivity index (χ4v) is 4.88. The van der Waals surface area contributed by atoms with Crippen LogP contribution >= 0.6 is 0 Å². The average molecular weight is 516 g/mol. The third-order valence-corrected chi connectivity index (χ3v) is 6.58. The fourth-order valence-electron chi connectivity index (χ4n) is 4.88. The summed E-state index contributed by atoms with van der Waals surface area (Å²) in [6.07, 6.45) is 0. The van der Waals surface area contributed by atoms with Gasteiger partial charge in [0.25, 0.3) is 0 Å². The van der Waals surface area contributed by atoms with E-state index in [1.54, 1.807) is 0 Å². The molecule has 0 N–H and O–H groups in total. The first-order valence-electron chi connectivity index (χ1n) is 21.3. The lowest BCUT2D eigenvalue weighted by atomic mass is 9.86. The molecule has 0 fully saturated rings. The third kappa shape index (κ3) is 3.48. The zero-order valence-corrected chi connectivity index (χ0v) is 19.8. The van der Waals surface area contributed by atoms with Crippen LogP contribution in [0.2, 0.25) is 0 Å². The van der Waals surface area contributed by atoms with Crippen molar-refractivity contribution in [2.45, 2.75) is 0 Å². The smallest absolute Gasteiger partial charge is 0.135 e. The highest BCUT2D eigenvalue weighted by atomic mass is 16.3. The van der Waals surface area contributed by atoms with Crippen LogP contribution in [0.3, 0.4) is 0 Å². The second-order valence-electron chi connectivity index (χ2n) is 8.68. The SMILES string of the molecule is [2H]c1c([2H])c([2H])c(-c2c3c([2H])c([2H])c([2H])c([2H])c3c(-c3ccc(-c4cc5c(oc6c([2H])c([2H])c([2H])c([2H])c65)c([2H])c4[2H])cc3)c3c([2H])c([2H])c([2H])c([2H])c23)c([2H])c1[2H]. The van der Waals surface area contributed by atoms with Gasteiger partial charge in [-0.3, -0.25) is 0 Å². The van der Waals surface area contributed by atoms with Gasteiger partial charge < -0.3 is 4.42 Å². The first kappa shape index (κ1) is 10.2. The standard InChI is InChI=1S/C38H24O/c1-2-10-26(11-3-1)37-30-13-4-6-15-32(30)38(33-16-7-5-14-31(33)37)27-20-18-25(19-21-27)28-22-23-36-34(24-28)29-12-8-9-17-35(29)39-36/h1-24H/i1D,2D,3D,4D,5D,6D,7D,8D,9D,10D,11D,12D,13D,14D,15D,16D,17D,22D,23D. The Balaban J connectivity index is 1.50. The van der Waals surface area contributed by atoms with Crippen LogP contribution in [0.15, 0.2) is 150 Å². The highest BCUT2D eigenvalue weighted by Gasteiger charge is 2.16. The molecule has 0 unspecified atom stereocenters. The Morgan fingerprint density at radius 1 is 0.359 bits per heavy atom. The van der Waals surface area contributed by atoms with E-state index in [4.69, 9.17) is 30.5 Å². The van der Waals surface area contributed by atoms with Crippen LogP contribution in [0.25, 0.3) is 76.9 Å². The Morgan fingerprint density at radius 2 is 0.846 bits per heavy atom. The summed E-state index contributed by atoms with van der Waals surface area (Å²) in [6.45, 7) is 0. The molecule has 0 saturated heterocycles. The van der Waals surface area contributed by atoms with E-state index in [0.717, 1.165) is 0 Å². The minimum Gasteiger partial charge on any atom is -0.456 e. The molecule has 0 bridgehead atoms. The monoisotopic (exact) mass is 515 g/mol. The molecule has 0 saturated carbocycles. The van der Waals surface area contributed by atoms with Crippen molar-refractivity contribution < 1.29 is 30.5 Å². The van der Waals surface area contributed by atoms with Gasteiger partial charge in [-0.25, -0.2) is 0 Å². The lowest BCUT2D eigenvalue weighted by molar-refractivity contribution is 0.669. The molecule has 0 spiro atoms. The molecule has 1 heteroatoms. The maximum atomic E-state index is 9.12. The number of benzene rings is 7. The van der Waals surface area contributed by atoms with Gasteiger partial charge in [-0.05, 0) is 73.1 Å². The summed E-state index contributed by atoms with van der Waals surface area (Å²) in [5.74, 6) is 0. The normalized spacial score (nSPS) is 18.4. The molecule has 182 valence electrons. The molecule has 1 nitrogen and oxygen atoms in total. The molecule has 1 heterocycles. The summed E-state index contributed by atoms with van der Waals surface area (Å²) >= 11 is 0. The van der Waals surface area contributed by atoms with Crippen LogP contribution in [0, 0.1) is 0 Å². The van der Waals surface area contributed by atoms with E-state index in [9.17, 15) is 0 Å². The Hall–Kier alpha value is -5.14. The van der Waals surface area contributed by atoms with E-state index in [1.807, 2.05) is 0 Å². The van der Waals surface area contributed by atoms with Gasteiger partial charge >= 0.3 is 0 Å². The molecule has 0 aliphatic carbocycles. The second kappa shape index (κ2) is 8.72. The molecule has 7 aromatic carbocycles. The van der Waals surface area contributed by atoms with Gasteiger partial charge in [0.1, 0.15) is 11.2 Å². The number of para-hydroxylation sites is 1. The van der Waals surface area contributed by atoms with E-state index in [-0.39, 0.29) is 66.2 Å². The van der Waals surface area contributed by atoms with Crippen molar-refractivity contribution in [2.24, 2.45) is 0 Å². The molecule has 0 aliphatic rings. The van der Waals surface area contributed by atoms with Gasteiger partial charge in [0.05, 0.1) is 26.0 Å². The molecule has 39 heavy (non-hydrogen) atoms. The van der Waals surface area contributed by atoms with Crippen molar-refractivity contribution in [2.75, 3.05) is 0 Å². The number of furan rings is 1. The quantitative estimate of drug-likeness (QED) is 0.213. The molecule has 8 aromatic rings. The molecule has 0 amide bonds. The fraction of sp³-hybridized carbons (Fsp3) is 0. The van der Waals surface area contributed by atoms with Gasteiger partial charge in [-0.15, -0.1) is 0 Å². The molecule has 8 rings (SSSR count). The number of hydrogen-bond donors (Lipinski definition) is 0. The minimum absolute atomic E-state index is 0.0211. The predicted molar refractivity (Wildman–Crippen MR) is 165 cm³/mol. The van der Waals surface area contributed by atoms with Gasteiger partial charge in [0.2, 0.25) is 0 Å². The molecule has 1 aromatic heterocycles. The molecular formula is C38H24O. The Kier molecular flexibility index (Phi) is 2.28. The Morgan fingerprint density at radius 3 is 1.49 bits per heavy atom. The first-order valence-corrected chi connectivity index (χ1v) is 11.8. The number of rotatable bonds is 3. The lowest BCUT2D eigenvalue weighted by Crippen LogP contribution is -1.90. The summed E-state index contributed by atoms with van der Waals surface area (Å²) in [4.78, 5) is 0. The molecule has 0 radical (unpaired) electrons. The van der Waals surface area contributed by atoms with Crippen molar-refractivity contribution in [1.29, 1.82) is 0 Å². The van der Waals surface area contributed by atoms with Crippen molar-refractivity contribution in [3.8, 4) is 33.4 Å². The van der Waals surface area contributed by atoms with Crippen molar-refractivity contribution >= 4 is 43.5 Å². The highest BCUT2D eigenvalue weighted by molar-refractivity contribution is 6.21. The van der Waals surface area contributed by atoms with Crippen molar-refractivity contribution in [3.63, 3.8) is 0 Å². The van der Waals surface area contributed by atoms with Crippen molar-refractivity contribution in [3.05, 3.63) is 145 Å². The molecular weight excluding hydrogens is 472 g/mol. The van der Waals surface area contributed by atoms with Gasteiger partial charge in [-0.2, -0.15) is 0 Å². The van der Waals surface area contributed by atoms with Gasteiger partial charge in [0, 0.05) is 10.8 Å². The van der Waals surface area contributed by atoms with Crippen LogP contribution < -0.4 is 0 Å². The Labute approximate surface area is 253 Å². The average Bonchev–Trinajstić information content (AvgIpc) is 3.61. The lowest BCUT2D eigenvalue weighted by Gasteiger charge is -2.18. The Bertz CT molecular complexity index is 3100. The van der Waals surface area contributed by atoms with E-state index >= 15 is 0 Å². The summed E-state index contributed by atoms with van der Waals surface area (Å²) in [6, 6.07) is -4.51. The topological polar surface area (TPSA) is 13.1 Å². The second-order valence-corrected chi connectivity index (χ2v) is 8.68. The molecule has 0 atom stereocenters. The summed E-state index contributed by atoms with van der Waals surface area (Å²) in [5, 5.41) is -1.03. The van der Waals surface area contributed by atoms with Gasteiger partial charge in [0.15, 0.2) is 0 Å². The van der Waals surface area contributed by atoms with Crippen molar-refractivity contribution in [1.82, 2.24) is 0 Å². The van der Waals surface area contributed by atoms with Crippen LogP contribution in [-0.2, 0) is 0 Å². The maximum Gasteiger partial charge on any atom is 0.135 e. The summed E-state index contributed by atoms with van der Waals surface area (Å²) < 4.78 is 170. The first-order chi connectivity index (χ1) is 27.2. The largest absolute Gasteiger partial charge is 0.456 e. The van der Waals surface area contributed by atoms with Crippen LogP contribution in [0.5, 0.6) is 0 Å². The van der Waals surface area contributed by atoms with Crippen LogP contribution in [0.4, 0.5) is 0 Å². The van der Waals surface area contributed by atoms with E-state index in [2.05, 4.69) is 0 Å². The van der Waals surface area contributed by atoms with Crippen LogP contribution in [-0.4, -0.2) is 0 Å². The predicted octanol–water partition coefficient (Wildman–Crippen LogP) is 10.9. The minimum atomic E-state index is -0.773. The summed E-state index contributed by atoms with van der Waals surface area (Å²) in [7, 11) is 0. The molecule has 0 aliphatic heterocycles. The highest BCUT2D eigenvalue weighted by Crippen LogP contribution is 2.44. The maximum absolute atomic E-state index is 9.12. The van der Waals surface area contributed by atoms with E-state index < -0.39 is 120 Å². The van der Waals surface area contributed by atoms with E-state index in [0.29, 0.717) is 5.56 Å². The number of hydrogen-bond acceptors (Lipinski definition) is 1. The zero-order valence-electron chi connectivity index (χ0n) is 38.8. The van der Waals surface area contributed by atoms with Gasteiger partial charge in [-0.1, -0.05) is 127 Å². The number of fused-ring (bicyclic) bond motifs is 5. The van der Waals surface area contributed by atoms with Crippen LogP contribution in [0.1, 0.15) is 26.0 Å². The third-order valence-electron chi connectivity index (χ3n) is 6.58. The zero-order chi connectivity index (χ0) is 42.3. The summed E-state index contributed by atoms with van der Waals surface area (Å²) in [5.41, 5.74) is -0.647. The van der Waals surface area contributed by atoms with E-state index in [1.165, 1.54) is 30.3 Å².